The number of hydrogen-bond acceptors (Lipinski definition) is 1. The fraction of sp³-hybridized carbons (Fsp3) is 0.200. The minimum Gasteiger partial charge on any atom is -0.502 e. The summed E-state index contributed by atoms with van der Waals surface area (Å²) in [4.78, 5) is 0. The third-order valence-electron chi connectivity index (χ3n) is 1.58. The second kappa shape index (κ2) is 5.60. The van der Waals surface area contributed by atoms with Crippen LogP contribution in [-0.4, -0.2) is 16.8 Å². The number of hydrogen-bond donors (Lipinski definition) is 0. The minimum absolute atomic E-state index is 0.781. The van der Waals surface area contributed by atoms with E-state index in [2.05, 4.69) is 24.3 Å². The molecule has 1 rings (SSSR count). The van der Waals surface area contributed by atoms with Gasteiger partial charge in [-0.25, -0.2) is 0 Å². The van der Waals surface area contributed by atoms with Crippen LogP contribution in [0.5, 0.6) is 0 Å². The molecule has 0 amide bonds. The van der Waals surface area contributed by atoms with Gasteiger partial charge in [0.1, 0.15) is 0 Å². The summed E-state index contributed by atoms with van der Waals surface area (Å²) in [6, 6.07) is 10.4. The van der Waals surface area contributed by atoms with Crippen molar-refractivity contribution in [3.8, 4) is 0 Å². The first-order chi connectivity index (χ1) is 5.93. The van der Waals surface area contributed by atoms with E-state index in [-0.39, 0.29) is 0 Å². The normalized spacial score (nSPS) is 10.7. The van der Waals surface area contributed by atoms with E-state index in [1.165, 1.54) is 5.56 Å². The van der Waals surface area contributed by atoms with Crippen molar-refractivity contribution in [2.45, 2.75) is 6.42 Å². The Morgan fingerprint density at radius 1 is 1.25 bits per heavy atom. The van der Waals surface area contributed by atoms with Crippen molar-refractivity contribution < 1.29 is 4.74 Å². The molecule has 0 fully saturated rings. The summed E-state index contributed by atoms with van der Waals surface area (Å²) < 4.78 is 5.24. The monoisotopic (exact) mass is 178 g/mol. The van der Waals surface area contributed by atoms with Gasteiger partial charge in [-0.3, -0.25) is 0 Å². The molecule has 0 atom stereocenters. The van der Waals surface area contributed by atoms with Gasteiger partial charge in [-0.2, -0.15) is 0 Å². The first kappa shape index (κ1) is 9.07. The van der Waals surface area contributed by atoms with Crippen LogP contribution in [0.15, 0.2) is 42.3 Å². The van der Waals surface area contributed by atoms with Gasteiger partial charge in [0.15, 0.2) is 0 Å². The highest BCUT2D eigenvalue weighted by Crippen LogP contribution is 1.99. The highest BCUT2D eigenvalue weighted by atomic mass is 28.1. The SMILES string of the molecule is [SiH3]C=COCCc1ccccc1. The molecule has 0 aromatic heterocycles. The highest BCUT2D eigenvalue weighted by molar-refractivity contribution is 6.16. The third kappa shape index (κ3) is 3.39. The van der Waals surface area contributed by atoms with E-state index in [9.17, 15) is 0 Å². The summed E-state index contributed by atoms with van der Waals surface area (Å²) in [5, 5.41) is 0. The zero-order valence-corrected chi connectivity index (χ0v) is 9.36. The molecule has 1 aromatic carbocycles. The quantitative estimate of drug-likeness (QED) is 0.381. The molecule has 0 bridgehead atoms. The fourth-order valence-electron chi connectivity index (χ4n) is 0.986. The Bertz CT molecular complexity index is 231. The van der Waals surface area contributed by atoms with Crippen LogP contribution in [0, 0.1) is 0 Å². The second-order valence-electron chi connectivity index (χ2n) is 2.58. The topological polar surface area (TPSA) is 9.23 Å². The summed E-state index contributed by atoms with van der Waals surface area (Å²) in [5.41, 5.74) is 3.37. The van der Waals surface area contributed by atoms with Crippen molar-refractivity contribution in [2.24, 2.45) is 0 Å². The lowest BCUT2D eigenvalue weighted by Crippen LogP contribution is -1.92. The van der Waals surface area contributed by atoms with Crippen molar-refractivity contribution in [3.05, 3.63) is 47.9 Å². The molecule has 0 N–H and O–H groups in total. The van der Waals surface area contributed by atoms with E-state index in [1.54, 1.807) is 6.26 Å². The zero-order chi connectivity index (χ0) is 8.65. The van der Waals surface area contributed by atoms with Crippen molar-refractivity contribution in [2.75, 3.05) is 6.61 Å². The van der Waals surface area contributed by atoms with Gasteiger partial charge in [-0.1, -0.05) is 36.0 Å². The van der Waals surface area contributed by atoms with Gasteiger partial charge >= 0.3 is 0 Å². The molecule has 1 nitrogen and oxygen atoms in total. The molecule has 0 saturated carbocycles. The Balaban J connectivity index is 2.24. The van der Waals surface area contributed by atoms with Gasteiger partial charge in [-0.05, 0) is 5.56 Å². The van der Waals surface area contributed by atoms with Gasteiger partial charge in [0.2, 0.25) is 0 Å². The Labute approximate surface area is 76.5 Å². The molecule has 64 valence electrons. The maximum absolute atomic E-state index is 5.24. The molecule has 0 aliphatic heterocycles. The standard InChI is InChI=1S/C10H14OSi/c12-9-8-11-7-6-10-4-2-1-3-5-10/h1-5,8-9H,6-7H2,12H3. The molecule has 0 aliphatic rings. The lowest BCUT2D eigenvalue weighted by molar-refractivity contribution is 0.254. The lowest BCUT2D eigenvalue weighted by atomic mass is 10.2. The molecule has 0 aliphatic carbocycles. The summed E-state index contributed by atoms with van der Waals surface area (Å²) in [7, 11) is 1.07. The lowest BCUT2D eigenvalue weighted by Gasteiger charge is -2.00. The summed E-state index contributed by atoms with van der Waals surface area (Å²) in [5.74, 6) is 0. The first-order valence-corrected chi connectivity index (χ1v) is 5.35. The maximum atomic E-state index is 5.24. The van der Waals surface area contributed by atoms with Gasteiger partial charge in [-0.15, -0.1) is 0 Å². The van der Waals surface area contributed by atoms with Crippen molar-refractivity contribution in [3.63, 3.8) is 0 Å². The van der Waals surface area contributed by atoms with Crippen LogP contribution in [0.4, 0.5) is 0 Å². The minimum atomic E-state index is 0.781. The van der Waals surface area contributed by atoms with Crippen LogP contribution in [0.25, 0.3) is 0 Å². The zero-order valence-electron chi connectivity index (χ0n) is 7.36. The molecule has 0 heterocycles. The van der Waals surface area contributed by atoms with Crippen molar-refractivity contribution in [1.82, 2.24) is 0 Å². The van der Waals surface area contributed by atoms with Crippen LogP contribution in [0.3, 0.4) is 0 Å². The molecule has 0 saturated heterocycles. The maximum Gasteiger partial charge on any atom is 0.0913 e. The molecule has 2 heteroatoms. The van der Waals surface area contributed by atoms with E-state index in [0.29, 0.717) is 0 Å². The van der Waals surface area contributed by atoms with E-state index in [1.807, 2.05) is 11.8 Å². The first-order valence-electron chi connectivity index (χ1n) is 4.20. The Morgan fingerprint density at radius 2 is 2.00 bits per heavy atom. The van der Waals surface area contributed by atoms with Crippen molar-refractivity contribution in [1.29, 1.82) is 0 Å². The fourth-order valence-corrected chi connectivity index (χ4v) is 1.18. The summed E-state index contributed by atoms with van der Waals surface area (Å²) >= 11 is 0. The Hall–Kier alpha value is -1.02. The molecule has 0 unspecified atom stereocenters. The van der Waals surface area contributed by atoms with Crippen LogP contribution >= 0.6 is 0 Å². The average molecular weight is 178 g/mol. The van der Waals surface area contributed by atoms with Gasteiger partial charge in [0.25, 0.3) is 0 Å². The van der Waals surface area contributed by atoms with Crippen LogP contribution in [0.2, 0.25) is 0 Å². The molecular weight excluding hydrogens is 164 g/mol. The number of ether oxygens (including phenoxy) is 1. The van der Waals surface area contributed by atoms with Gasteiger partial charge in [0.05, 0.1) is 12.9 Å². The van der Waals surface area contributed by atoms with Crippen LogP contribution < -0.4 is 0 Å². The molecular formula is C10H14OSi. The Kier molecular flexibility index (Phi) is 4.24. The molecule has 12 heavy (non-hydrogen) atoms. The van der Waals surface area contributed by atoms with E-state index >= 15 is 0 Å². The number of rotatable bonds is 4. The van der Waals surface area contributed by atoms with Crippen LogP contribution in [0.1, 0.15) is 5.56 Å². The predicted octanol–water partition coefficient (Wildman–Crippen LogP) is 1.08. The largest absolute Gasteiger partial charge is 0.502 e. The smallest absolute Gasteiger partial charge is 0.0913 e. The van der Waals surface area contributed by atoms with Crippen molar-refractivity contribution >= 4 is 10.2 Å². The summed E-state index contributed by atoms with van der Waals surface area (Å²) in [6.07, 6.45) is 2.78. The third-order valence-corrected chi connectivity index (χ3v) is 1.86. The highest BCUT2D eigenvalue weighted by Gasteiger charge is 1.88. The van der Waals surface area contributed by atoms with Gasteiger partial charge in [0, 0.05) is 16.7 Å². The van der Waals surface area contributed by atoms with E-state index in [0.717, 1.165) is 23.3 Å². The second-order valence-corrected chi connectivity index (χ2v) is 3.24. The van der Waals surface area contributed by atoms with Gasteiger partial charge < -0.3 is 4.74 Å². The molecule has 1 aromatic rings. The average Bonchev–Trinajstić information content (AvgIpc) is 2.14. The molecule has 0 radical (unpaired) electrons. The number of benzene rings is 1. The molecule has 0 spiro atoms. The predicted molar refractivity (Wildman–Crippen MR) is 55.2 cm³/mol. The summed E-state index contributed by atoms with van der Waals surface area (Å²) in [6.45, 7) is 0.781. The van der Waals surface area contributed by atoms with Crippen LogP contribution in [-0.2, 0) is 11.2 Å². The van der Waals surface area contributed by atoms with E-state index in [4.69, 9.17) is 4.74 Å². The Morgan fingerprint density at radius 3 is 2.67 bits per heavy atom. The van der Waals surface area contributed by atoms with E-state index < -0.39 is 0 Å².